The van der Waals surface area contributed by atoms with E-state index in [-0.39, 0.29) is 38.7 Å². The quantitative estimate of drug-likeness (QED) is 0.356. The third-order valence-electron chi connectivity index (χ3n) is 4.73. The van der Waals surface area contributed by atoms with Gasteiger partial charge in [-0.1, -0.05) is 11.6 Å². The largest absolute Gasteiger partial charge is 0.433 e. The number of aromatic nitrogens is 3. The van der Waals surface area contributed by atoms with Gasteiger partial charge in [-0.25, -0.2) is 23.7 Å². The van der Waals surface area contributed by atoms with E-state index < -0.39 is 29.4 Å². The predicted molar refractivity (Wildman–Crippen MR) is 112 cm³/mol. The molecule has 0 atom stereocenters. The Bertz CT molecular complexity index is 1410. The zero-order chi connectivity index (χ0) is 23.9. The van der Waals surface area contributed by atoms with E-state index in [4.69, 9.17) is 11.6 Å². The van der Waals surface area contributed by atoms with Crippen molar-refractivity contribution in [2.45, 2.75) is 13.1 Å². The van der Waals surface area contributed by atoms with Gasteiger partial charge < -0.3 is 5.32 Å². The average molecular weight is 479 g/mol. The molecule has 4 rings (SSSR count). The van der Waals surface area contributed by atoms with Crippen molar-refractivity contribution in [3.8, 4) is 11.3 Å². The number of nitrogens with zero attached hydrogens (tertiary/aromatic N) is 3. The van der Waals surface area contributed by atoms with Crippen LogP contribution in [0.3, 0.4) is 0 Å². The molecule has 0 aliphatic rings. The van der Waals surface area contributed by atoms with Crippen LogP contribution in [0.2, 0.25) is 5.02 Å². The van der Waals surface area contributed by atoms with Gasteiger partial charge in [0.15, 0.2) is 11.6 Å². The highest BCUT2D eigenvalue weighted by Crippen LogP contribution is 2.31. The molecule has 1 amide bonds. The second-order valence-corrected chi connectivity index (χ2v) is 7.37. The van der Waals surface area contributed by atoms with Crippen LogP contribution in [0.25, 0.3) is 22.3 Å². The Labute approximate surface area is 188 Å². The number of hydrogen-bond donors (Lipinski definition) is 1. The Balaban J connectivity index is 1.65. The van der Waals surface area contributed by atoms with Gasteiger partial charge in [0.25, 0.3) is 5.91 Å². The number of anilines is 1. The molecule has 2 aromatic heterocycles. The molecule has 0 fully saturated rings. The van der Waals surface area contributed by atoms with E-state index in [1.54, 1.807) is 0 Å². The van der Waals surface area contributed by atoms with E-state index in [1.807, 2.05) is 0 Å². The van der Waals surface area contributed by atoms with Crippen LogP contribution < -0.4 is 5.32 Å². The summed E-state index contributed by atoms with van der Waals surface area (Å²) in [5.74, 6) is -2.86. The fraction of sp³-hybridized carbons (Fsp3) is 0.0909. The predicted octanol–water partition coefficient (Wildman–Crippen LogP) is 6.20. The molecule has 4 aromatic rings. The number of amides is 1. The smallest absolute Gasteiger partial charge is 0.322 e. The fourth-order valence-corrected chi connectivity index (χ4v) is 3.33. The summed E-state index contributed by atoms with van der Waals surface area (Å²) in [6, 6.07) is 8.39. The molecule has 0 aliphatic carbocycles. The van der Waals surface area contributed by atoms with E-state index in [0.29, 0.717) is 5.56 Å². The molecule has 5 nitrogen and oxygen atoms in total. The van der Waals surface area contributed by atoms with Gasteiger partial charge in [-0.15, -0.1) is 0 Å². The van der Waals surface area contributed by atoms with Crippen LogP contribution in [0, 0.1) is 18.6 Å². The normalized spacial score (nSPS) is 11.6. The van der Waals surface area contributed by atoms with Crippen molar-refractivity contribution in [1.29, 1.82) is 0 Å². The molecule has 0 radical (unpaired) electrons. The van der Waals surface area contributed by atoms with E-state index in [2.05, 4.69) is 20.3 Å². The summed E-state index contributed by atoms with van der Waals surface area (Å²) in [5.41, 5.74) is -0.526. The second-order valence-electron chi connectivity index (χ2n) is 6.96. The molecule has 2 heterocycles. The lowest BCUT2D eigenvalue weighted by molar-refractivity contribution is -0.141. The van der Waals surface area contributed by atoms with Gasteiger partial charge in [0.2, 0.25) is 0 Å². The van der Waals surface area contributed by atoms with Crippen LogP contribution >= 0.6 is 11.6 Å². The second kappa shape index (κ2) is 8.36. The third-order valence-corrected chi connectivity index (χ3v) is 5.06. The number of carbonyl (C=O) groups excluding carboxylic acids is 1. The first-order valence-electron chi connectivity index (χ1n) is 9.31. The Kier molecular flexibility index (Phi) is 5.71. The Hall–Kier alpha value is -3.66. The molecule has 0 saturated carbocycles. The van der Waals surface area contributed by atoms with Crippen LogP contribution in [0.1, 0.15) is 21.7 Å². The molecular weight excluding hydrogens is 467 g/mol. The van der Waals surface area contributed by atoms with E-state index in [0.717, 1.165) is 18.2 Å². The highest BCUT2D eigenvalue weighted by molar-refractivity contribution is 6.33. The van der Waals surface area contributed by atoms with Crippen LogP contribution in [-0.2, 0) is 6.18 Å². The fourth-order valence-electron chi connectivity index (χ4n) is 3.11. The molecule has 0 bridgehead atoms. The first-order chi connectivity index (χ1) is 15.5. The molecule has 0 unspecified atom stereocenters. The van der Waals surface area contributed by atoms with E-state index in [1.165, 1.54) is 37.4 Å². The number of nitrogens with one attached hydrogen (secondary N) is 1. The Morgan fingerprint density at radius 3 is 2.48 bits per heavy atom. The van der Waals surface area contributed by atoms with Crippen LogP contribution in [-0.4, -0.2) is 20.9 Å². The molecular formula is C22H12ClF5N4O. The minimum absolute atomic E-state index is 0.0394. The van der Waals surface area contributed by atoms with Crippen LogP contribution in [0.15, 0.2) is 48.7 Å². The topological polar surface area (TPSA) is 67.8 Å². The maximum absolute atomic E-state index is 13.9. The molecule has 0 saturated heterocycles. The van der Waals surface area contributed by atoms with Gasteiger partial charge in [0.1, 0.15) is 11.2 Å². The van der Waals surface area contributed by atoms with Gasteiger partial charge in [-0.3, -0.25) is 4.79 Å². The SMILES string of the molecule is Cc1nc(C(F)(F)F)ccc1C(=O)Nc1ccc(Cl)c(-c2cnc3c(F)c(F)ccc3n2)c1. The van der Waals surface area contributed by atoms with Crippen LogP contribution in [0.4, 0.5) is 27.6 Å². The lowest BCUT2D eigenvalue weighted by atomic mass is 10.1. The first-order valence-corrected chi connectivity index (χ1v) is 9.69. The minimum atomic E-state index is -4.62. The molecule has 0 aliphatic heterocycles. The summed E-state index contributed by atoms with van der Waals surface area (Å²) in [5, 5.41) is 2.82. The molecule has 0 spiro atoms. The first kappa shape index (κ1) is 22.5. The number of rotatable bonds is 3. The summed E-state index contributed by atoms with van der Waals surface area (Å²) in [6.45, 7) is 1.30. The Morgan fingerprint density at radius 1 is 1.03 bits per heavy atom. The number of pyridine rings is 1. The average Bonchev–Trinajstić information content (AvgIpc) is 2.76. The zero-order valence-corrected chi connectivity index (χ0v) is 17.4. The summed E-state index contributed by atoms with van der Waals surface area (Å²) < 4.78 is 65.7. The highest BCUT2D eigenvalue weighted by atomic mass is 35.5. The molecule has 11 heteroatoms. The van der Waals surface area contributed by atoms with Gasteiger partial charge in [-0.2, -0.15) is 13.2 Å². The van der Waals surface area contributed by atoms with E-state index in [9.17, 15) is 26.7 Å². The van der Waals surface area contributed by atoms with Gasteiger partial charge in [0, 0.05) is 11.3 Å². The third kappa shape index (κ3) is 4.47. The van der Waals surface area contributed by atoms with Gasteiger partial charge >= 0.3 is 6.18 Å². The standard InChI is InChI=1S/C22H12ClF5N4O/c1-10-12(3-7-18(30-10)22(26,27)28)21(33)31-11-2-4-14(23)13(8-11)17-9-29-20-16(32-17)6-5-15(24)19(20)25/h2-9H,1H3,(H,31,33). The monoisotopic (exact) mass is 478 g/mol. The number of fused-ring (bicyclic) bond motifs is 1. The van der Waals surface area contributed by atoms with Crippen molar-refractivity contribution < 1.29 is 26.7 Å². The van der Waals surface area contributed by atoms with Crippen molar-refractivity contribution in [3.05, 3.63) is 82.3 Å². The summed E-state index contributed by atoms with van der Waals surface area (Å²) in [4.78, 5) is 24.2. The summed E-state index contributed by atoms with van der Waals surface area (Å²) in [7, 11) is 0. The Morgan fingerprint density at radius 2 is 1.79 bits per heavy atom. The molecule has 2 aromatic carbocycles. The number of aryl methyl sites for hydroxylation is 1. The summed E-state index contributed by atoms with van der Waals surface area (Å²) >= 11 is 6.25. The molecule has 1 N–H and O–H groups in total. The number of hydrogen-bond acceptors (Lipinski definition) is 4. The van der Waals surface area contributed by atoms with Crippen molar-refractivity contribution in [3.63, 3.8) is 0 Å². The number of benzene rings is 2. The summed E-state index contributed by atoms with van der Waals surface area (Å²) in [6.07, 6.45) is -3.41. The lowest BCUT2D eigenvalue weighted by Crippen LogP contribution is -2.16. The van der Waals surface area contributed by atoms with Gasteiger partial charge in [0.05, 0.1) is 33.7 Å². The van der Waals surface area contributed by atoms with Crippen molar-refractivity contribution in [2.75, 3.05) is 5.32 Å². The number of halogens is 6. The maximum Gasteiger partial charge on any atom is 0.433 e. The minimum Gasteiger partial charge on any atom is -0.322 e. The van der Waals surface area contributed by atoms with Gasteiger partial charge in [-0.05, 0) is 49.4 Å². The molecule has 168 valence electrons. The lowest BCUT2D eigenvalue weighted by Gasteiger charge is -2.12. The van der Waals surface area contributed by atoms with Crippen molar-refractivity contribution >= 4 is 34.2 Å². The van der Waals surface area contributed by atoms with Crippen molar-refractivity contribution in [2.24, 2.45) is 0 Å². The number of alkyl halides is 3. The highest BCUT2D eigenvalue weighted by Gasteiger charge is 2.33. The number of carbonyl (C=O) groups is 1. The maximum atomic E-state index is 13.9. The van der Waals surface area contributed by atoms with Crippen LogP contribution in [0.5, 0.6) is 0 Å². The van der Waals surface area contributed by atoms with E-state index >= 15 is 0 Å². The molecule has 33 heavy (non-hydrogen) atoms. The van der Waals surface area contributed by atoms with Crippen molar-refractivity contribution in [1.82, 2.24) is 15.0 Å². The zero-order valence-electron chi connectivity index (χ0n) is 16.6.